The molecule has 2 aromatic rings. The van der Waals surface area contributed by atoms with Crippen molar-refractivity contribution in [2.45, 2.75) is 64.1 Å². The lowest BCUT2D eigenvalue weighted by atomic mass is 9.95. The molecule has 0 unspecified atom stereocenters. The maximum Gasteiger partial charge on any atom is 0.244 e. The van der Waals surface area contributed by atoms with Gasteiger partial charge in [-0.2, -0.15) is 0 Å². The molecule has 3 rings (SSSR count). The van der Waals surface area contributed by atoms with Crippen molar-refractivity contribution in [3.63, 3.8) is 0 Å². The molecular formula is C28H37Cl2N3O6S. The number of hydrogen-bond acceptors (Lipinski definition) is 6. The summed E-state index contributed by atoms with van der Waals surface area (Å²) in [6.45, 7) is 1.31. The first-order chi connectivity index (χ1) is 19.0. The van der Waals surface area contributed by atoms with Gasteiger partial charge in [0.15, 0.2) is 0 Å². The number of methoxy groups -OCH3 is 2. The van der Waals surface area contributed by atoms with E-state index in [2.05, 4.69) is 5.32 Å². The number of rotatable bonds is 12. The highest BCUT2D eigenvalue weighted by molar-refractivity contribution is 7.92. The van der Waals surface area contributed by atoms with Crippen LogP contribution in [0, 0.1) is 0 Å². The van der Waals surface area contributed by atoms with Gasteiger partial charge in [-0.1, -0.05) is 55.5 Å². The Balaban J connectivity index is 1.98. The molecule has 0 radical (unpaired) electrons. The van der Waals surface area contributed by atoms with Crippen LogP contribution in [0.3, 0.4) is 0 Å². The van der Waals surface area contributed by atoms with Gasteiger partial charge in [-0.25, -0.2) is 8.42 Å². The van der Waals surface area contributed by atoms with Crippen LogP contribution < -0.4 is 19.1 Å². The number of ether oxygens (including phenoxy) is 2. The number of hydrogen-bond donors (Lipinski definition) is 1. The fourth-order valence-electron chi connectivity index (χ4n) is 4.88. The maximum absolute atomic E-state index is 14.0. The van der Waals surface area contributed by atoms with Gasteiger partial charge in [0.1, 0.15) is 24.1 Å². The highest BCUT2D eigenvalue weighted by atomic mass is 35.5. The molecule has 0 spiro atoms. The first kappa shape index (κ1) is 31.8. The summed E-state index contributed by atoms with van der Waals surface area (Å²) in [5, 5.41) is 3.79. The number of sulfonamides is 1. The van der Waals surface area contributed by atoms with E-state index in [0.29, 0.717) is 27.8 Å². The summed E-state index contributed by atoms with van der Waals surface area (Å²) in [5.41, 5.74) is 0.827. The summed E-state index contributed by atoms with van der Waals surface area (Å²) in [6, 6.07) is 8.84. The molecular weight excluding hydrogens is 577 g/mol. The second-order valence-electron chi connectivity index (χ2n) is 9.85. The van der Waals surface area contributed by atoms with Crippen molar-refractivity contribution in [3.05, 3.63) is 52.0 Å². The normalized spacial score (nSPS) is 14.8. The van der Waals surface area contributed by atoms with E-state index in [1.54, 1.807) is 24.3 Å². The van der Waals surface area contributed by atoms with E-state index >= 15 is 0 Å². The van der Waals surface area contributed by atoms with Gasteiger partial charge in [0.2, 0.25) is 21.8 Å². The average Bonchev–Trinajstić information content (AvgIpc) is 2.93. The molecule has 2 amide bonds. The van der Waals surface area contributed by atoms with Gasteiger partial charge in [0.05, 0.1) is 36.2 Å². The summed E-state index contributed by atoms with van der Waals surface area (Å²) in [5.74, 6) is -0.140. The average molecular weight is 615 g/mol. The van der Waals surface area contributed by atoms with Crippen LogP contribution in [0.4, 0.5) is 5.69 Å². The first-order valence-corrected chi connectivity index (χ1v) is 15.8. The Morgan fingerprint density at radius 3 is 2.30 bits per heavy atom. The number of nitrogens with zero attached hydrogens (tertiary/aromatic N) is 2. The van der Waals surface area contributed by atoms with Crippen LogP contribution in [-0.2, 0) is 26.2 Å². The SMILES string of the molecule is CC[C@H](C(=O)NC1CCCCC1)N(Cc1ccc(Cl)c(Cl)c1)C(=O)CN(c1ccc(OC)cc1OC)S(C)(=O)=O. The molecule has 220 valence electrons. The maximum atomic E-state index is 14.0. The number of benzene rings is 2. The van der Waals surface area contributed by atoms with Crippen LogP contribution in [0.25, 0.3) is 0 Å². The van der Waals surface area contributed by atoms with Gasteiger partial charge in [0, 0.05) is 18.7 Å². The third-order valence-corrected chi connectivity index (χ3v) is 8.87. The van der Waals surface area contributed by atoms with Crippen molar-refractivity contribution in [3.8, 4) is 11.5 Å². The highest BCUT2D eigenvalue weighted by Crippen LogP contribution is 2.34. The summed E-state index contributed by atoms with van der Waals surface area (Å²) >= 11 is 12.3. The predicted octanol–water partition coefficient (Wildman–Crippen LogP) is 5.03. The van der Waals surface area contributed by atoms with E-state index in [-0.39, 0.29) is 29.9 Å². The van der Waals surface area contributed by atoms with Gasteiger partial charge in [-0.3, -0.25) is 13.9 Å². The zero-order valence-corrected chi connectivity index (χ0v) is 25.6. The summed E-state index contributed by atoms with van der Waals surface area (Å²) in [4.78, 5) is 28.9. The second-order valence-corrected chi connectivity index (χ2v) is 12.6. The summed E-state index contributed by atoms with van der Waals surface area (Å²) in [6.07, 6.45) is 6.35. The van der Waals surface area contributed by atoms with Crippen LogP contribution in [0.15, 0.2) is 36.4 Å². The van der Waals surface area contributed by atoms with Crippen LogP contribution >= 0.6 is 23.2 Å². The van der Waals surface area contributed by atoms with Crippen molar-refractivity contribution in [1.29, 1.82) is 0 Å². The minimum atomic E-state index is -3.93. The molecule has 0 bridgehead atoms. The van der Waals surface area contributed by atoms with Crippen LogP contribution in [0.1, 0.15) is 51.0 Å². The van der Waals surface area contributed by atoms with Crippen LogP contribution in [0.5, 0.6) is 11.5 Å². The van der Waals surface area contributed by atoms with E-state index in [9.17, 15) is 18.0 Å². The number of carbonyl (C=O) groups excluding carboxylic acids is 2. The van der Waals surface area contributed by atoms with Crippen LogP contribution in [0.2, 0.25) is 10.0 Å². The topological polar surface area (TPSA) is 105 Å². The minimum Gasteiger partial charge on any atom is -0.497 e. The number of carbonyl (C=O) groups is 2. The smallest absolute Gasteiger partial charge is 0.244 e. The molecule has 12 heteroatoms. The monoisotopic (exact) mass is 613 g/mol. The van der Waals surface area contributed by atoms with E-state index in [4.69, 9.17) is 32.7 Å². The Hall–Kier alpha value is -2.69. The molecule has 0 saturated heterocycles. The Labute approximate surface area is 246 Å². The Morgan fingerprint density at radius 1 is 1.02 bits per heavy atom. The number of anilines is 1. The zero-order chi connectivity index (χ0) is 29.4. The van der Waals surface area contributed by atoms with Crippen molar-refractivity contribution in [1.82, 2.24) is 10.2 Å². The molecule has 40 heavy (non-hydrogen) atoms. The van der Waals surface area contributed by atoms with E-state index in [1.165, 1.54) is 31.3 Å². The molecule has 1 aliphatic rings. The predicted molar refractivity (Wildman–Crippen MR) is 158 cm³/mol. The Morgan fingerprint density at radius 2 is 1.73 bits per heavy atom. The molecule has 9 nitrogen and oxygen atoms in total. The standard InChI is InChI=1S/C28H37Cl2N3O6S/c1-5-24(28(35)31-20-9-7-6-8-10-20)32(17-19-11-13-22(29)23(30)15-19)27(34)18-33(40(4,36)37)25-14-12-21(38-2)16-26(25)39-3/h11-16,20,24H,5-10,17-18H2,1-4H3,(H,31,35)/t24-/m1/s1. The molecule has 1 N–H and O–H groups in total. The van der Waals surface area contributed by atoms with Gasteiger partial charge in [-0.15, -0.1) is 0 Å². The van der Waals surface area contributed by atoms with Crippen molar-refractivity contribution in [2.24, 2.45) is 0 Å². The molecule has 0 heterocycles. The molecule has 1 saturated carbocycles. The number of halogens is 2. The van der Waals surface area contributed by atoms with Gasteiger partial charge < -0.3 is 19.7 Å². The summed E-state index contributed by atoms with van der Waals surface area (Å²) in [7, 11) is -1.05. The van der Waals surface area contributed by atoms with Crippen molar-refractivity contribution >= 4 is 50.7 Å². The number of amides is 2. The van der Waals surface area contributed by atoms with Crippen LogP contribution in [-0.4, -0.2) is 64.2 Å². The van der Waals surface area contributed by atoms with Crippen molar-refractivity contribution < 1.29 is 27.5 Å². The van der Waals surface area contributed by atoms with Crippen molar-refractivity contribution in [2.75, 3.05) is 31.3 Å². The third kappa shape index (κ3) is 8.17. The highest BCUT2D eigenvalue weighted by Gasteiger charge is 2.33. The third-order valence-electron chi connectivity index (χ3n) is 7.01. The fourth-order valence-corrected chi connectivity index (χ4v) is 6.06. The van der Waals surface area contributed by atoms with E-state index in [0.717, 1.165) is 42.7 Å². The lowest BCUT2D eigenvalue weighted by molar-refractivity contribution is -0.140. The van der Waals surface area contributed by atoms with E-state index < -0.39 is 28.5 Å². The van der Waals surface area contributed by atoms with Gasteiger partial charge >= 0.3 is 0 Å². The molecule has 1 aliphatic carbocycles. The lowest BCUT2D eigenvalue weighted by Crippen LogP contribution is -2.54. The zero-order valence-electron chi connectivity index (χ0n) is 23.3. The van der Waals surface area contributed by atoms with Gasteiger partial charge in [-0.05, 0) is 49.1 Å². The fraction of sp³-hybridized carbons (Fsp3) is 0.500. The molecule has 0 aliphatic heterocycles. The quantitative estimate of drug-likeness (QED) is 0.360. The molecule has 2 aromatic carbocycles. The molecule has 1 atom stereocenters. The largest absolute Gasteiger partial charge is 0.497 e. The first-order valence-electron chi connectivity index (χ1n) is 13.2. The second kappa shape index (κ2) is 14.3. The Kier molecular flexibility index (Phi) is 11.4. The Bertz CT molecular complexity index is 1300. The molecule has 0 aromatic heterocycles. The number of nitrogens with one attached hydrogen (secondary N) is 1. The summed E-state index contributed by atoms with van der Waals surface area (Å²) < 4.78 is 37.5. The van der Waals surface area contributed by atoms with Gasteiger partial charge in [0.25, 0.3) is 0 Å². The lowest BCUT2D eigenvalue weighted by Gasteiger charge is -2.34. The molecule has 1 fully saturated rings. The van der Waals surface area contributed by atoms with E-state index in [1.807, 2.05) is 6.92 Å². The minimum absolute atomic E-state index is 0.0314.